The van der Waals surface area contributed by atoms with Crippen LogP contribution in [0.2, 0.25) is 0 Å². The molecule has 0 spiro atoms. The average molecular weight is 592 g/mol. The SMILES string of the molecule is COc1ccc(/C=C2/C(Cc3ccc(OCc4ccccc4)cc3)N(C)C(=NC(=O)c3ccc(OC)cc3)N2C(=O)O)cc1. The van der Waals surface area contributed by atoms with Gasteiger partial charge in [-0.1, -0.05) is 54.6 Å². The fourth-order valence-corrected chi connectivity index (χ4v) is 4.93. The highest BCUT2D eigenvalue weighted by Crippen LogP contribution is 2.31. The zero-order valence-corrected chi connectivity index (χ0v) is 24.7. The molecular formula is C35H33N3O6. The van der Waals surface area contributed by atoms with Crippen molar-refractivity contribution in [3.05, 3.63) is 131 Å². The molecule has 2 amide bonds. The Morgan fingerprint density at radius 1 is 0.795 bits per heavy atom. The van der Waals surface area contributed by atoms with Crippen LogP contribution in [0.25, 0.3) is 6.08 Å². The van der Waals surface area contributed by atoms with Gasteiger partial charge in [0.25, 0.3) is 5.91 Å². The number of hydrogen-bond acceptors (Lipinski definition) is 5. The maximum atomic E-state index is 13.2. The van der Waals surface area contributed by atoms with E-state index < -0.39 is 18.0 Å². The highest BCUT2D eigenvalue weighted by atomic mass is 16.5. The molecule has 0 bridgehead atoms. The van der Waals surface area contributed by atoms with Gasteiger partial charge in [-0.15, -0.1) is 0 Å². The monoisotopic (exact) mass is 591 g/mol. The number of likely N-dealkylation sites (N-methyl/N-ethyl adjacent to an activating group) is 1. The van der Waals surface area contributed by atoms with Gasteiger partial charge in [0.15, 0.2) is 0 Å². The molecule has 9 nitrogen and oxygen atoms in total. The minimum absolute atomic E-state index is 0.0193. The highest BCUT2D eigenvalue weighted by Gasteiger charge is 2.42. The summed E-state index contributed by atoms with van der Waals surface area (Å²) in [7, 11) is 4.87. The first-order valence-electron chi connectivity index (χ1n) is 14.0. The Hall–Kier alpha value is -5.57. The topological polar surface area (TPSA) is 101 Å². The van der Waals surface area contributed by atoms with Crippen molar-refractivity contribution < 1.29 is 28.9 Å². The van der Waals surface area contributed by atoms with Gasteiger partial charge < -0.3 is 24.2 Å². The number of hydrogen-bond donors (Lipinski definition) is 1. The molecule has 1 aliphatic rings. The molecule has 1 fully saturated rings. The summed E-state index contributed by atoms with van der Waals surface area (Å²) in [6.07, 6.45) is 1.01. The summed E-state index contributed by atoms with van der Waals surface area (Å²) >= 11 is 0. The zero-order chi connectivity index (χ0) is 31.1. The van der Waals surface area contributed by atoms with Gasteiger partial charge in [-0.05, 0) is 77.7 Å². The lowest BCUT2D eigenvalue weighted by molar-refractivity contribution is 0.100. The molecule has 9 heteroatoms. The molecule has 5 rings (SSSR count). The van der Waals surface area contributed by atoms with E-state index in [4.69, 9.17) is 14.2 Å². The van der Waals surface area contributed by atoms with Gasteiger partial charge in [-0.25, -0.2) is 9.69 Å². The standard InChI is InChI=1S/C35H33N3O6/c1-37-31(21-24-11-17-30(18-12-24)44-23-26-7-5-4-6-8-26)32(22-25-9-15-28(42-2)16-10-25)38(35(40)41)34(37)36-33(39)27-13-19-29(43-3)20-14-27/h4-20,22,31H,21,23H2,1-3H3,(H,40,41)/b32-22-,36-34?. The van der Waals surface area contributed by atoms with Crippen molar-refractivity contribution in [3.63, 3.8) is 0 Å². The molecule has 1 atom stereocenters. The summed E-state index contributed by atoms with van der Waals surface area (Å²) < 4.78 is 16.4. The largest absolute Gasteiger partial charge is 0.497 e. The summed E-state index contributed by atoms with van der Waals surface area (Å²) in [4.78, 5) is 33.0. The molecule has 1 heterocycles. The molecule has 4 aromatic carbocycles. The minimum atomic E-state index is -1.25. The maximum Gasteiger partial charge on any atom is 0.418 e. The molecule has 4 aromatic rings. The summed E-state index contributed by atoms with van der Waals surface area (Å²) in [6, 6.07) is 31.0. The zero-order valence-electron chi connectivity index (χ0n) is 24.7. The van der Waals surface area contributed by atoms with Crippen LogP contribution >= 0.6 is 0 Å². The molecular weight excluding hydrogens is 558 g/mol. The van der Waals surface area contributed by atoms with E-state index in [2.05, 4.69) is 4.99 Å². The van der Waals surface area contributed by atoms with Crippen LogP contribution in [0.3, 0.4) is 0 Å². The lowest BCUT2D eigenvalue weighted by Gasteiger charge is -2.20. The second kappa shape index (κ2) is 13.6. The normalized spacial score (nSPS) is 16.3. The number of aliphatic imine (C=N–C) groups is 1. The smallest absolute Gasteiger partial charge is 0.418 e. The van der Waals surface area contributed by atoms with Crippen LogP contribution in [-0.4, -0.2) is 60.2 Å². The summed E-state index contributed by atoms with van der Waals surface area (Å²) in [6.45, 7) is 0.454. The number of carboxylic acid groups (broad SMARTS) is 1. The van der Waals surface area contributed by atoms with E-state index in [1.165, 1.54) is 7.11 Å². The van der Waals surface area contributed by atoms with Crippen LogP contribution in [-0.2, 0) is 13.0 Å². The first kappa shape index (κ1) is 29.9. The minimum Gasteiger partial charge on any atom is -0.497 e. The fraction of sp³-hybridized carbons (Fsp3) is 0.171. The Kier molecular flexibility index (Phi) is 9.25. The fourth-order valence-electron chi connectivity index (χ4n) is 4.93. The first-order valence-corrected chi connectivity index (χ1v) is 14.0. The molecule has 1 aliphatic heterocycles. The van der Waals surface area contributed by atoms with Crippen LogP contribution in [0, 0.1) is 0 Å². The van der Waals surface area contributed by atoms with Crippen molar-refractivity contribution in [2.24, 2.45) is 4.99 Å². The van der Waals surface area contributed by atoms with Crippen LogP contribution < -0.4 is 14.2 Å². The Morgan fingerprint density at radius 2 is 1.39 bits per heavy atom. The molecule has 1 N–H and O–H groups in total. The summed E-state index contributed by atoms with van der Waals surface area (Å²) in [5.41, 5.74) is 3.59. The van der Waals surface area contributed by atoms with Gasteiger partial charge in [0, 0.05) is 12.6 Å². The third-order valence-electron chi connectivity index (χ3n) is 7.34. The van der Waals surface area contributed by atoms with Gasteiger partial charge in [0.2, 0.25) is 5.96 Å². The van der Waals surface area contributed by atoms with Crippen molar-refractivity contribution in [2.75, 3.05) is 21.3 Å². The summed E-state index contributed by atoms with van der Waals surface area (Å²) in [5, 5.41) is 10.4. The first-order chi connectivity index (χ1) is 21.4. The Morgan fingerprint density at radius 3 is 1.98 bits per heavy atom. The molecule has 1 unspecified atom stereocenters. The van der Waals surface area contributed by atoms with E-state index in [-0.39, 0.29) is 5.96 Å². The van der Waals surface area contributed by atoms with Crippen LogP contribution in [0.15, 0.2) is 114 Å². The number of rotatable bonds is 9. The predicted octanol–water partition coefficient (Wildman–Crippen LogP) is 6.36. The van der Waals surface area contributed by atoms with Crippen LogP contribution in [0.5, 0.6) is 17.2 Å². The van der Waals surface area contributed by atoms with Crippen molar-refractivity contribution >= 4 is 24.0 Å². The number of carbonyl (C=O) groups is 2. The quantitative estimate of drug-likeness (QED) is 0.242. The van der Waals surface area contributed by atoms with E-state index in [9.17, 15) is 14.7 Å². The Labute approximate surface area is 256 Å². The van der Waals surface area contributed by atoms with Gasteiger partial charge in [0.1, 0.15) is 23.9 Å². The van der Waals surface area contributed by atoms with E-state index in [0.717, 1.165) is 27.3 Å². The molecule has 1 saturated heterocycles. The molecule has 0 aromatic heterocycles. The number of guanidine groups is 1. The number of benzene rings is 4. The van der Waals surface area contributed by atoms with Crippen LogP contribution in [0.1, 0.15) is 27.0 Å². The number of ether oxygens (including phenoxy) is 3. The number of carbonyl (C=O) groups excluding carboxylic acids is 1. The van der Waals surface area contributed by atoms with Crippen LogP contribution in [0.4, 0.5) is 4.79 Å². The second-order valence-corrected chi connectivity index (χ2v) is 10.2. The number of nitrogens with zero attached hydrogens (tertiary/aromatic N) is 3. The molecule has 0 aliphatic carbocycles. The predicted molar refractivity (Wildman–Crippen MR) is 168 cm³/mol. The Bertz CT molecular complexity index is 1650. The van der Waals surface area contributed by atoms with E-state index >= 15 is 0 Å². The Balaban J connectivity index is 1.46. The van der Waals surface area contributed by atoms with E-state index in [1.807, 2.05) is 78.9 Å². The molecule has 224 valence electrons. The third-order valence-corrected chi connectivity index (χ3v) is 7.34. The summed E-state index contributed by atoms with van der Waals surface area (Å²) in [5.74, 6) is 1.46. The maximum absolute atomic E-state index is 13.2. The molecule has 0 saturated carbocycles. The average Bonchev–Trinajstić information content (AvgIpc) is 3.30. The molecule has 44 heavy (non-hydrogen) atoms. The third kappa shape index (κ3) is 6.90. The van der Waals surface area contributed by atoms with Crippen molar-refractivity contribution in [3.8, 4) is 17.2 Å². The molecule has 0 radical (unpaired) electrons. The van der Waals surface area contributed by atoms with E-state index in [1.54, 1.807) is 49.4 Å². The van der Waals surface area contributed by atoms with E-state index in [0.29, 0.717) is 35.8 Å². The van der Waals surface area contributed by atoms with Crippen molar-refractivity contribution in [1.29, 1.82) is 0 Å². The number of methoxy groups -OCH3 is 2. The lowest BCUT2D eigenvalue weighted by Crippen LogP contribution is -2.36. The highest BCUT2D eigenvalue weighted by molar-refractivity contribution is 6.08. The van der Waals surface area contributed by atoms with Gasteiger partial charge >= 0.3 is 6.09 Å². The van der Waals surface area contributed by atoms with Gasteiger partial charge in [0.05, 0.1) is 26.0 Å². The second-order valence-electron chi connectivity index (χ2n) is 10.2. The van der Waals surface area contributed by atoms with Gasteiger partial charge in [-0.2, -0.15) is 4.99 Å². The lowest BCUT2D eigenvalue weighted by atomic mass is 10.0. The van der Waals surface area contributed by atoms with Gasteiger partial charge in [-0.3, -0.25) is 4.79 Å². The van der Waals surface area contributed by atoms with Crippen molar-refractivity contribution in [2.45, 2.75) is 19.1 Å². The number of amides is 2. The van der Waals surface area contributed by atoms with Crippen molar-refractivity contribution in [1.82, 2.24) is 9.80 Å².